The summed E-state index contributed by atoms with van der Waals surface area (Å²) in [5, 5.41) is 4.06. The zero-order chi connectivity index (χ0) is 14.5. The Bertz CT molecular complexity index is 592. The van der Waals surface area contributed by atoms with Crippen LogP contribution in [-0.2, 0) is 4.79 Å². The fourth-order valence-electron chi connectivity index (χ4n) is 2.91. The van der Waals surface area contributed by atoms with Crippen LogP contribution in [-0.4, -0.2) is 6.29 Å². The Morgan fingerprint density at radius 2 is 1.29 bits per heavy atom. The van der Waals surface area contributed by atoms with Crippen molar-refractivity contribution in [2.45, 2.75) is 25.7 Å². The van der Waals surface area contributed by atoms with Gasteiger partial charge in [0.2, 0.25) is 0 Å². The van der Waals surface area contributed by atoms with Crippen LogP contribution in [0.5, 0.6) is 0 Å². The second-order valence-electron chi connectivity index (χ2n) is 5.30. The second kappa shape index (κ2) is 6.83. The van der Waals surface area contributed by atoms with Gasteiger partial charge >= 0.3 is 0 Å². The van der Waals surface area contributed by atoms with E-state index in [0.29, 0.717) is 0 Å². The highest BCUT2D eigenvalue weighted by Crippen LogP contribution is 2.49. The number of allylic oxidation sites excluding steroid dienone is 2. The number of carbonyl (C=O) groups excluding carboxylic acids is 1. The molecule has 106 valence electrons. The van der Waals surface area contributed by atoms with E-state index in [1.807, 2.05) is 0 Å². The molecule has 0 aliphatic heterocycles. The Morgan fingerprint density at radius 3 is 1.81 bits per heavy atom. The number of hydrogen-bond acceptors (Lipinski definition) is 1. The van der Waals surface area contributed by atoms with E-state index in [2.05, 4.69) is 60.7 Å². The van der Waals surface area contributed by atoms with E-state index >= 15 is 0 Å². The SMILES string of the molecule is O=CC1=C(P(c2ccccc2)c2ccccc2)CCCC1. The molecule has 0 saturated heterocycles. The number of benzene rings is 2. The van der Waals surface area contributed by atoms with Gasteiger partial charge < -0.3 is 0 Å². The lowest BCUT2D eigenvalue weighted by Crippen LogP contribution is -2.15. The molecule has 0 fully saturated rings. The molecule has 0 N–H and O–H groups in total. The highest BCUT2D eigenvalue weighted by Gasteiger charge is 2.23. The van der Waals surface area contributed by atoms with Crippen LogP contribution in [0.2, 0.25) is 0 Å². The van der Waals surface area contributed by atoms with Crippen LogP contribution in [0.15, 0.2) is 71.6 Å². The van der Waals surface area contributed by atoms with Crippen molar-refractivity contribution in [1.29, 1.82) is 0 Å². The van der Waals surface area contributed by atoms with Gasteiger partial charge in [0, 0.05) is 0 Å². The summed E-state index contributed by atoms with van der Waals surface area (Å²) < 4.78 is 0. The van der Waals surface area contributed by atoms with Crippen LogP contribution in [0.4, 0.5) is 0 Å². The summed E-state index contributed by atoms with van der Waals surface area (Å²) in [6, 6.07) is 21.3. The molecule has 1 nitrogen and oxygen atoms in total. The minimum Gasteiger partial charge on any atom is -0.298 e. The summed E-state index contributed by atoms with van der Waals surface area (Å²) in [7, 11) is -0.566. The maximum absolute atomic E-state index is 11.5. The van der Waals surface area contributed by atoms with Crippen molar-refractivity contribution >= 4 is 24.8 Å². The van der Waals surface area contributed by atoms with E-state index in [0.717, 1.165) is 31.1 Å². The predicted octanol–water partition coefficient (Wildman–Crippen LogP) is 4.15. The molecule has 21 heavy (non-hydrogen) atoms. The molecular formula is C19H19OP. The maximum Gasteiger partial charge on any atom is 0.146 e. The van der Waals surface area contributed by atoms with Gasteiger partial charge in [0.05, 0.1) is 0 Å². The molecule has 1 aliphatic carbocycles. The third-order valence-corrected chi connectivity index (χ3v) is 6.60. The van der Waals surface area contributed by atoms with E-state index in [-0.39, 0.29) is 0 Å². The number of rotatable bonds is 4. The van der Waals surface area contributed by atoms with E-state index in [1.54, 1.807) is 0 Å². The van der Waals surface area contributed by atoms with E-state index in [1.165, 1.54) is 22.3 Å². The number of hydrogen-bond donors (Lipinski definition) is 0. The Kier molecular flexibility index (Phi) is 4.62. The van der Waals surface area contributed by atoms with Gasteiger partial charge in [0.15, 0.2) is 0 Å². The van der Waals surface area contributed by atoms with Crippen LogP contribution in [0.1, 0.15) is 25.7 Å². The van der Waals surface area contributed by atoms with Crippen molar-refractivity contribution in [3.63, 3.8) is 0 Å². The van der Waals surface area contributed by atoms with E-state index in [4.69, 9.17) is 0 Å². The minimum atomic E-state index is -0.566. The molecule has 0 aromatic heterocycles. The van der Waals surface area contributed by atoms with Gasteiger partial charge in [0.1, 0.15) is 6.29 Å². The molecular weight excluding hydrogens is 275 g/mol. The Hall–Kier alpha value is -1.72. The molecule has 0 unspecified atom stereocenters. The Balaban J connectivity index is 2.13. The molecule has 2 heteroatoms. The van der Waals surface area contributed by atoms with Crippen molar-refractivity contribution in [3.05, 3.63) is 71.6 Å². The summed E-state index contributed by atoms with van der Waals surface area (Å²) in [5.41, 5.74) is 1.04. The second-order valence-corrected chi connectivity index (χ2v) is 7.55. The number of carbonyl (C=O) groups is 1. The average molecular weight is 294 g/mol. The fraction of sp³-hybridized carbons (Fsp3) is 0.211. The molecule has 2 aromatic carbocycles. The van der Waals surface area contributed by atoms with Crippen LogP contribution < -0.4 is 10.6 Å². The van der Waals surface area contributed by atoms with Crippen LogP contribution in [0.25, 0.3) is 0 Å². The lowest BCUT2D eigenvalue weighted by atomic mass is 10.0. The molecule has 0 saturated carbocycles. The van der Waals surface area contributed by atoms with Crippen molar-refractivity contribution in [2.75, 3.05) is 0 Å². The molecule has 1 aliphatic rings. The monoisotopic (exact) mass is 294 g/mol. The predicted molar refractivity (Wildman–Crippen MR) is 90.6 cm³/mol. The third kappa shape index (κ3) is 3.14. The first-order valence-electron chi connectivity index (χ1n) is 7.47. The van der Waals surface area contributed by atoms with Crippen molar-refractivity contribution < 1.29 is 4.79 Å². The summed E-state index contributed by atoms with van der Waals surface area (Å²) in [4.78, 5) is 11.5. The molecule has 0 atom stereocenters. The average Bonchev–Trinajstić information content (AvgIpc) is 2.58. The highest BCUT2D eigenvalue weighted by molar-refractivity contribution is 7.76. The Morgan fingerprint density at radius 1 is 0.762 bits per heavy atom. The summed E-state index contributed by atoms with van der Waals surface area (Å²) in [6.07, 6.45) is 5.44. The molecule has 0 bridgehead atoms. The lowest BCUT2D eigenvalue weighted by Gasteiger charge is -2.26. The van der Waals surface area contributed by atoms with Crippen LogP contribution in [0.3, 0.4) is 0 Å². The summed E-state index contributed by atoms with van der Waals surface area (Å²) in [6.45, 7) is 0. The minimum absolute atomic E-state index is 0.566. The lowest BCUT2D eigenvalue weighted by molar-refractivity contribution is -0.105. The van der Waals surface area contributed by atoms with Gasteiger partial charge in [-0.1, -0.05) is 60.7 Å². The number of aldehydes is 1. The van der Waals surface area contributed by atoms with Crippen molar-refractivity contribution in [3.8, 4) is 0 Å². The van der Waals surface area contributed by atoms with Gasteiger partial charge in [-0.2, -0.15) is 0 Å². The zero-order valence-corrected chi connectivity index (χ0v) is 12.9. The normalized spacial score (nSPS) is 15.3. The molecule has 0 amide bonds. The van der Waals surface area contributed by atoms with Gasteiger partial charge in [0.25, 0.3) is 0 Å². The quantitative estimate of drug-likeness (QED) is 0.611. The maximum atomic E-state index is 11.5. The topological polar surface area (TPSA) is 17.1 Å². The molecule has 0 radical (unpaired) electrons. The van der Waals surface area contributed by atoms with Gasteiger partial charge in [-0.25, -0.2) is 0 Å². The van der Waals surface area contributed by atoms with Crippen LogP contribution >= 0.6 is 7.92 Å². The summed E-state index contributed by atoms with van der Waals surface area (Å²) >= 11 is 0. The van der Waals surface area contributed by atoms with Crippen LogP contribution in [0, 0.1) is 0 Å². The first-order chi connectivity index (χ1) is 10.4. The van der Waals surface area contributed by atoms with E-state index in [9.17, 15) is 4.79 Å². The molecule has 0 heterocycles. The first kappa shape index (κ1) is 14.2. The largest absolute Gasteiger partial charge is 0.298 e. The smallest absolute Gasteiger partial charge is 0.146 e. The molecule has 3 rings (SSSR count). The Labute approximate surface area is 127 Å². The van der Waals surface area contributed by atoms with Crippen molar-refractivity contribution in [1.82, 2.24) is 0 Å². The third-order valence-electron chi connectivity index (χ3n) is 3.92. The summed E-state index contributed by atoms with van der Waals surface area (Å²) in [5.74, 6) is 0. The fourth-order valence-corrected chi connectivity index (χ4v) is 5.61. The van der Waals surface area contributed by atoms with Gasteiger partial charge in [-0.15, -0.1) is 0 Å². The van der Waals surface area contributed by atoms with E-state index < -0.39 is 7.92 Å². The standard InChI is InChI=1S/C19H19OP/c20-15-16-9-7-8-14-19(16)21(17-10-3-1-4-11-17)18-12-5-2-6-13-18/h1-6,10-13,15H,7-9,14H2. The van der Waals surface area contributed by atoms with Crippen molar-refractivity contribution in [2.24, 2.45) is 0 Å². The zero-order valence-electron chi connectivity index (χ0n) is 12.0. The first-order valence-corrected chi connectivity index (χ1v) is 8.82. The van der Waals surface area contributed by atoms with Gasteiger partial charge in [-0.3, -0.25) is 4.79 Å². The van der Waals surface area contributed by atoms with Gasteiger partial charge in [-0.05, 0) is 55.1 Å². The highest BCUT2D eigenvalue weighted by atomic mass is 31.1. The molecule has 2 aromatic rings. The molecule has 0 spiro atoms.